The van der Waals surface area contributed by atoms with Gasteiger partial charge in [-0.15, -0.1) is 0 Å². The summed E-state index contributed by atoms with van der Waals surface area (Å²) in [5.74, 6) is 0. The van der Waals surface area contributed by atoms with Crippen molar-refractivity contribution in [3.8, 4) is 22.3 Å². The van der Waals surface area contributed by atoms with Crippen molar-refractivity contribution >= 4 is 76.8 Å². The normalized spacial score (nSPS) is 11.9. The molecule has 0 N–H and O–H groups in total. The molecule has 50 heavy (non-hydrogen) atoms. The molecule has 0 spiro atoms. The van der Waals surface area contributed by atoms with Crippen molar-refractivity contribution in [2.45, 2.75) is 0 Å². The Hall–Kier alpha value is -6.50. The van der Waals surface area contributed by atoms with E-state index < -0.39 is 0 Å². The summed E-state index contributed by atoms with van der Waals surface area (Å²) in [6.45, 7) is 0. The number of fused-ring (bicyclic) bond motifs is 8. The largest absolute Gasteiger partial charge is 0.0616 e. The van der Waals surface area contributed by atoms with Crippen LogP contribution in [0.25, 0.3) is 99.0 Å². The highest BCUT2D eigenvalue weighted by atomic mass is 14.1. The third-order valence-corrected chi connectivity index (χ3v) is 10.4. The van der Waals surface area contributed by atoms with E-state index in [-0.39, 0.29) is 0 Å². The molecule has 0 atom stereocenters. The lowest BCUT2D eigenvalue weighted by molar-refractivity contribution is 1.67. The van der Waals surface area contributed by atoms with Gasteiger partial charge in [0, 0.05) is 0 Å². The van der Waals surface area contributed by atoms with Gasteiger partial charge in [-0.05, 0) is 134 Å². The molecule has 0 unspecified atom stereocenters. The van der Waals surface area contributed by atoms with Gasteiger partial charge in [0.25, 0.3) is 0 Å². The third kappa shape index (κ3) is 4.85. The summed E-state index contributed by atoms with van der Waals surface area (Å²) < 4.78 is 0. The number of benzene rings is 10. The van der Waals surface area contributed by atoms with E-state index in [4.69, 9.17) is 0 Å². The van der Waals surface area contributed by atoms with Crippen LogP contribution in [-0.4, -0.2) is 0 Å². The smallest absolute Gasteiger partial charge is 0.00988 e. The summed E-state index contributed by atoms with van der Waals surface area (Å²) in [5.41, 5.74) is 7.44. The van der Waals surface area contributed by atoms with Crippen molar-refractivity contribution in [1.82, 2.24) is 0 Å². The number of rotatable bonds is 4. The Kier molecular flexibility index (Phi) is 6.60. The van der Waals surface area contributed by atoms with Crippen LogP contribution in [-0.2, 0) is 0 Å². The first-order valence-electron chi connectivity index (χ1n) is 17.3. The molecule has 0 heterocycles. The fraction of sp³-hybridized carbons (Fsp3) is 0. The minimum absolute atomic E-state index is 1.19. The molecule has 0 heteroatoms. The Labute approximate surface area is 291 Å². The third-order valence-electron chi connectivity index (χ3n) is 10.4. The van der Waals surface area contributed by atoms with Crippen LogP contribution in [0.5, 0.6) is 0 Å². The van der Waals surface area contributed by atoms with Crippen molar-refractivity contribution in [2.75, 3.05) is 0 Å². The molecule has 0 nitrogen and oxygen atoms in total. The van der Waals surface area contributed by atoms with Gasteiger partial charge in [-0.3, -0.25) is 0 Å². The molecule has 0 aliphatic rings. The van der Waals surface area contributed by atoms with Gasteiger partial charge in [-0.25, -0.2) is 0 Å². The predicted octanol–water partition coefficient (Wildman–Crippen LogP) is 14.1. The Morgan fingerprint density at radius 3 is 1.06 bits per heavy atom. The zero-order chi connectivity index (χ0) is 33.0. The molecular formula is C50H32. The highest BCUT2D eigenvalue weighted by Gasteiger charge is 2.11. The molecule has 232 valence electrons. The van der Waals surface area contributed by atoms with Crippen LogP contribution < -0.4 is 0 Å². The van der Waals surface area contributed by atoms with Crippen LogP contribution in [0.2, 0.25) is 0 Å². The number of hydrogen-bond acceptors (Lipinski definition) is 0. The lowest BCUT2D eigenvalue weighted by Gasteiger charge is -2.12. The second kappa shape index (κ2) is 11.6. The zero-order valence-electron chi connectivity index (χ0n) is 27.5. The molecule has 0 saturated heterocycles. The fourth-order valence-corrected chi connectivity index (χ4v) is 7.85. The van der Waals surface area contributed by atoms with Crippen LogP contribution >= 0.6 is 0 Å². The van der Waals surface area contributed by atoms with Crippen molar-refractivity contribution in [2.24, 2.45) is 0 Å². The van der Waals surface area contributed by atoms with Crippen molar-refractivity contribution in [1.29, 1.82) is 0 Å². The molecule has 0 amide bonds. The SMILES string of the molecule is C(=Cc1ccc2cc(-c3cc4ccccc4c4ccccc34)ccc2c1)c1ccc2cc(-c3cc4ccccc4c4ccccc34)ccc2c1. The zero-order valence-corrected chi connectivity index (χ0v) is 27.5. The van der Waals surface area contributed by atoms with E-state index in [0.29, 0.717) is 0 Å². The summed E-state index contributed by atoms with van der Waals surface area (Å²) in [6.07, 6.45) is 4.45. The highest BCUT2D eigenvalue weighted by molar-refractivity contribution is 6.15. The van der Waals surface area contributed by atoms with E-state index in [1.807, 2.05) is 0 Å². The van der Waals surface area contributed by atoms with E-state index in [2.05, 4.69) is 194 Å². The van der Waals surface area contributed by atoms with Gasteiger partial charge in [-0.1, -0.05) is 158 Å². The average molecular weight is 633 g/mol. The molecule has 0 bridgehead atoms. The van der Waals surface area contributed by atoms with Crippen LogP contribution in [0.1, 0.15) is 11.1 Å². The van der Waals surface area contributed by atoms with Gasteiger partial charge >= 0.3 is 0 Å². The van der Waals surface area contributed by atoms with E-state index in [0.717, 1.165) is 0 Å². The first-order valence-corrected chi connectivity index (χ1v) is 17.3. The van der Waals surface area contributed by atoms with Gasteiger partial charge in [0.15, 0.2) is 0 Å². The van der Waals surface area contributed by atoms with E-state index in [1.54, 1.807) is 0 Å². The van der Waals surface area contributed by atoms with Gasteiger partial charge in [0.2, 0.25) is 0 Å². The quantitative estimate of drug-likeness (QED) is 0.134. The molecule has 0 radical (unpaired) electrons. The molecular weight excluding hydrogens is 601 g/mol. The second-order valence-corrected chi connectivity index (χ2v) is 13.4. The maximum Gasteiger partial charge on any atom is -0.00988 e. The minimum Gasteiger partial charge on any atom is -0.0616 e. The standard InChI is InChI=1S/C50H32/c1-3-11-43-39(9-1)31-49(47-15-7-5-13-45(43)47)41-25-23-35-27-33(19-21-37(35)29-41)17-18-34-20-22-38-30-42(26-24-36(38)28-34)50-32-40-10-2-4-12-44(40)46-14-6-8-16-48(46)50/h1-32H. The summed E-state index contributed by atoms with van der Waals surface area (Å²) in [6, 6.07) is 66.8. The lowest BCUT2D eigenvalue weighted by atomic mass is 9.92. The maximum absolute atomic E-state index is 2.34. The highest BCUT2D eigenvalue weighted by Crippen LogP contribution is 2.38. The van der Waals surface area contributed by atoms with Gasteiger partial charge in [0.1, 0.15) is 0 Å². The molecule has 0 aliphatic carbocycles. The maximum atomic E-state index is 2.34. The first kappa shape index (κ1) is 28.5. The molecule has 10 aromatic carbocycles. The molecule has 0 aromatic heterocycles. The first-order chi connectivity index (χ1) is 24.7. The number of hydrogen-bond donors (Lipinski definition) is 0. The molecule has 10 aromatic rings. The molecule has 10 rings (SSSR count). The van der Waals surface area contributed by atoms with Crippen molar-refractivity contribution < 1.29 is 0 Å². The fourth-order valence-electron chi connectivity index (χ4n) is 7.85. The van der Waals surface area contributed by atoms with Crippen LogP contribution in [0.3, 0.4) is 0 Å². The Bertz CT molecular complexity index is 2770. The van der Waals surface area contributed by atoms with E-state index >= 15 is 0 Å². The Morgan fingerprint density at radius 1 is 0.240 bits per heavy atom. The van der Waals surface area contributed by atoms with Crippen LogP contribution in [0.15, 0.2) is 182 Å². The summed E-state index contributed by atoms with van der Waals surface area (Å²) in [7, 11) is 0. The Morgan fingerprint density at radius 2 is 0.600 bits per heavy atom. The molecule has 0 aliphatic heterocycles. The monoisotopic (exact) mass is 632 g/mol. The minimum atomic E-state index is 1.19. The Balaban J connectivity index is 0.953. The summed E-state index contributed by atoms with van der Waals surface area (Å²) >= 11 is 0. The predicted molar refractivity (Wildman–Crippen MR) is 218 cm³/mol. The van der Waals surface area contributed by atoms with Crippen molar-refractivity contribution in [3.05, 3.63) is 193 Å². The average Bonchev–Trinajstić information content (AvgIpc) is 3.19. The van der Waals surface area contributed by atoms with E-state index in [1.165, 1.54) is 98.0 Å². The van der Waals surface area contributed by atoms with Gasteiger partial charge in [0.05, 0.1) is 0 Å². The topological polar surface area (TPSA) is 0 Å². The van der Waals surface area contributed by atoms with Gasteiger partial charge in [-0.2, -0.15) is 0 Å². The summed E-state index contributed by atoms with van der Waals surface area (Å²) in [4.78, 5) is 0. The summed E-state index contributed by atoms with van der Waals surface area (Å²) in [5, 5.41) is 15.3. The second-order valence-electron chi connectivity index (χ2n) is 13.4. The molecule has 0 fully saturated rings. The van der Waals surface area contributed by atoms with Crippen molar-refractivity contribution in [3.63, 3.8) is 0 Å². The molecule has 0 saturated carbocycles. The van der Waals surface area contributed by atoms with Gasteiger partial charge < -0.3 is 0 Å². The van der Waals surface area contributed by atoms with Crippen LogP contribution in [0.4, 0.5) is 0 Å². The van der Waals surface area contributed by atoms with E-state index in [9.17, 15) is 0 Å². The lowest BCUT2D eigenvalue weighted by Crippen LogP contribution is -1.85. The van der Waals surface area contributed by atoms with Crippen LogP contribution in [0, 0.1) is 0 Å².